The fraction of sp³-hybridized carbons (Fsp3) is 0.500. The largest absolute Gasteiger partial charge is 0.324 e. The molecule has 0 spiro atoms. The van der Waals surface area contributed by atoms with Crippen LogP contribution in [0.25, 0.3) is 0 Å². The highest BCUT2D eigenvalue weighted by atomic mass is 16.1. The van der Waals surface area contributed by atoms with Crippen LogP contribution in [0.1, 0.15) is 12.8 Å². The summed E-state index contributed by atoms with van der Waals surface area (Å²) in [7, 11) is 0. The van der Waals surface area contributed by atoms with Crippen LogP contribution in [-0.4, -0.2) is 11.8 Å². The Hall–Kier alpha value is -0.630. The Morgan fingerprint density at radius 2 is 2.50 bits per heavy atom. The SMILES string of the molecule is N[C@@H]1C=CC(=O)CC1. The van der Waals surface area contributed by atoms with Crippen molar-refractivity contribution >= 4 is 5.78 Å². The van der Waals surface area contributed by atoms with E-state index in [0.29, 0.717) is 6.42 Å². The standard InChI is InChI=1S/C6H9NO/c7-5-1-3-6(8)4-2-5/h1,3,5H,2,4,7H2/t5-/m1/s1. The number of ketones is 1. The van der Waals surface area contributed by atoms with Gasteiger partial charge in [0.05, 0.1) is 0 Å². The van der Waals surface area contributed by atoms with Gasteiger partial charge >= 0.3 is 0 Å². The molecule has 0 heterocycles. The molecule has 0 saturated carbocycles. The molecule has 1 atom stereocenters. The molecule has 2 nitrogen and oxygen atoms in total. The number of nitrogens with two attached hydrogens (primary N) is 1. The van der Waals surface area contributed by atoms with Gasteiger partial charge in [0.15, 0.2) is 5.78 Å². The molecule has 0 aromatic heterocycles. The molecule has 1 aliphatic rings. The van der Waals surface area contributed by atoms with E-state index in [0.717, 1.165) is 6.42 Å². The van der Waals surface area contributed by atoms with Gasteiger partial charge in [-0.2, -0.15) is 0 Å². The zero-order valence-electron chi connectivity index (χ0n) is 4.63. The van der Waals surface area contributed by atoms with E-state index in [9.17, 15) is 4.79 Å². The average molecular weight is 111 g/mol. The van der Waals surface area contributed by atoms with Crippen LogP contribution in [0.3, 0.4) is 0 Å². The molecule has 8 heavy (non-hydrogen) atoms. The highest BCUT2D eigenvalue weighted by molar-refractivity contribution is 5.90. The van der Waals surface area contributed by atoms with Gasteiger partial charge in [0.25, 0.3) is 0 Å². The van der Waals surface area contributed by atoms with E-state index >= 15 is 0 Å². The van der Waals surface area contributed by atoms with Crippen LogP contribution in [0.15, 0.2) is 12.2 Å². The predicted octanol–water partition coefficient (Wildman–Crippen LogP) is 0.233. The maximum atomic E-state index is 10.5. The van der Waals surface area contributed by atoms with E-state index in [1.807, 2.05) is 0 Å². The van der Waals surface area contributed by atoms with E-state index in [1.165, 1.54) is 0 Å². The summed E-state index contributed by atoms with van der Waals surface area (Å²) < 4.78 is 0. The lowest BCUT2D eigenvalue weighted by atomic mass is 10.0. The minimum Gasteiger partial charge on any atom is -0.324 e. The summed E-state index contributed by atoms with van der Waals surface area (Å²) in [5, 5.41) is 0. The van der Waals surface area contributed by atoms with Gasteiger partial charge in [0.2, 0.25) is 0 Å². The smallest absolute Gasteiger partial charge is 0.155 e. The minimum absolute atomic E-state index is 0.118. The van der Waals surface area contributed by atoms with E-state index in [1.54, 1.807) is 12.2 Å². The molecule has 2 N–H and O–H groups in total. The molecule has 2 heteroatoms. The summed E-state index contributed by atoms with van der Waals surface area (Å²) in [5.74, 6) is 0.201. The molecular weight excluding hydrogens is 102 g/mol. The second kappa shape index (κ2) is 2.09. The topological polar surface area (TPSA) is 43.1 Å². The van der Waals surface area contributed by atoms with Crippen molar-refractivity contribution < 1.29 is 4.79 Å². The van der Waals surface area contributed by atoms with Gasteiger partial charge in [-0.05, 0) is 12.5 Å². The zero-order chi connectivity index (χ0) is 5.98. The average Bonchev–Trinajstić information content (AvgIpc) is 1.77. The van der Waals surface area contributed by atoms with E-state index in [4.69, 9.17) is 5.73 Å². The first-order valence-corrected chi connectivity index (χ1v) is 2.75. The van der Waals surface area contributed by atoms with E-state index in [-0.39, 0.29) is 11.8 Å². The van der Waals surface area contributed by atoms with Gasteiger partial charge in [0, 0.05) is 12.5 Å². The van der Waals surface area contributed by atoms with Crippen molar-refractivity contribution in [3.63, 3.8) is 0 Å². The van der Waals surface area contributed by atoms with Gasteiger partial charge in [-0.3, -0.25) is 4.79 Å². The van der Waals surface area contributed by atoms with Crippen molar-refractivity contribution in [1.29, 1.82) is 0 Å². The second-order valence-electron chi connectivity index (χ2n) is 2.03. The number of hydrogen-bond donors (Lipinski definition) is 1. The van der Waals surface area contributed by atoms with Crippen molar-refractivity contribution in [2.45, 2.75) is 18.9 Å². The fourth-order valence-corrected chi connectivity index (χ4v) is 0.719. The second-order valence-corrected chi connectivity index (χ2v) is 2.03. The Labute approximate surface area is 48.4 Å². The number of hydrogen-bond acceptors (Lipinski definition) is 2. The van der Waals surface area contributed by atoms with E-state index in [2.05, 4.69) is 0 Å². The molecule has 1 rings (SSSR count). The first-order valence-electron chi connectivity index (χ1n) is 2.75. The summed E-state index contributed by atoms with van der Waals surface area (Å²) in [6.45, 7) is 0. The van der Waals surface area contributed by atoms with Crippen LogP contribution < -0.4 is 5.73 Å². The lowest BCUT2D eigenvalue weighted by molar-refractivity contribution is -0.115. The van der Waals surface area contributed by atoms with Crippen LogP contribution in [0, 0.1) is 0 Å². The normalized spacial score (nSPS) is 28.6. The van der Waals surface area contributed by atoms with E-state index < -0.39 is 0 Å². The van der Waals surface area contributed by atoms with Crippen molar-refractivity contribution in [3.05, 3.63) is 12.2 Å². The lowest BCUT2D eigenvalue weighted by Gasteiger charge is -2.07. The Bertz CT molecular complexity index is 128. The molecular formula is C6H9NO. The lowest BCUT2D eigenvalue weighted by Crippen LogP contribution is -2.21. The highest BCUT2D eigenvalue weighted by Gasteiger charge is 2.06. The first-order chi connectivity index (χ1) is 3.79. The summed E-state index contributed by atoms with van der Waals surface area (Å²) in [6.07, 6.45) is 4.76. The molecule has 44 valence electrons. The number of carbonyl (C=O) groups is 1. The van der Waals surface area contributed by atoms with Crippen molar-refractivity contribution in [2.24, 2.45) is 5.73 Å². The van der Waals surface area contributed by atoms with Crippen LogP contribution in [0.4, 0.5) is 0 Å². The van der Waals surface area contributed by atoms with Crippen LogP contribution >= 0.6 is 0 Å². The predicted molar refractivity (Wildman–Crippen MR) is 31.4 cm³/mol. The minimum atomic E-state index is 0.118. The Morgan fingerprint density at radius 1 is 1.75 bits per heavy atom. The maximum Gasteiger partial charge on any atom is 0.155 e. The Balaban J connectivity index is 2.55. The molecule has 0 unspecified atom stereocenters. The third-order valence-corrected chi connectivity index (χ3v) is 1.25. The molecule has 0 bridgehead atoms. The van der Waals surface area contributed by atoms with Gasteiger partial charge in [-0.25, -0.2) is 0 Å². The van der Waals surface area contributed by atoms with Crippen LogP contribution in [0.5, 0.6) is 0 Å². The van der Waals surface area contributed by atoms with Gasteiger partial charge in [-0.1, -0.05) is 6.08 Å². The molecule has 0 amide bonds. The van der Waals surface area contributed by atoms with Gasteiger partial charge in [-0.15, -0.1) is 0 Å². The van der Waals surface area contributed by atoms with Gasteiger partial charge in [0.1, 0.15) is 0 Å². The molecule has 0 aliphatic heterocycles. The fourth-order valence-electron chi connectivity index (χ4n) is 0.719. The maximum absolute atomic E-state index is 10.5. The van der Waals surface area contributed by atoms with Gasteiger partial charge < -0.3 is 5.73 Å². The number of allylic oxidation sites excluding steroid dienone is 1. The number of rotatable bonds is 0. The molecule has 0 aromatic rings. The monoisotopic (exact) mass is 111 g/mol. The molecule has 0 aromatic carbocycles. The summed E-state index contributed by atoms with van der Waals surface area (Å²) in [5.41, 5.74) is 5.46. The van der Waals surface area contributed by atoms with Crippen molar-refractivity contribution in [3.8, 4) is 0 Å². The number of carbonyl (C=O) groups excluding carboxylic acids is 1. The zero-order valence-corrected chi connectivity index (χ0v) is 4.63. The molecule has 1 aliphatic carbocycles. The third-order valence-electron chi connectivity index (χ3n) is 1.25. The Morgan fingerprint density at radius 3 is 2.88 bits per heavy atom. The molecule has 0 fully saturated rings. The molecule has 0 saturated heterocycles. The quantitative estimate of drug-likeness (QED) is 0.486. The van der Waals surface area contributed by atoms with Crippen molar-refractivity contribution in [1.82, 2.24) is 0 Å². The third kappa shape index (κ3) is 1.17. The molecule has 0 radical (unpaired) electrons. The van der Waals surface area contributed by atoms with Crippen molar-refractivity contribution in [2.75, 3.05) is 0 Å². The summed E-state index contributed by atoms with van der Waals surface area (Å²) >= 11 is 0. The summed E-state index contributed by atoms with van der Waals surface area (Å²) in [4.78, 5) is 10.5. The summed E-state index contributed by atoms with van der Waals surface area (Å²) in [6, 6.07) is 0.118. The first kappa shape index (κ1) is 5.51. The Kier molecular flexibility index (Phi) is 1.44. The van der Waals surface area contributed by atoms with Crippen LogP contribution in [-0.2, 0) is 4.79 Å². The highest BCUT2D eigenvalue weighted by Crippen LogP contribution is 2.03. The van der Waals surface area contributed by atoms with Crippen LogP contribution in [0.2, 0.25) is 0 Å².